The summed E-state index contributed by atoms with van der Waals surface area (Å²) in [6, 6.07) is 0.228. The van der Waals surface area contributed by atoms with Crippen molar-refractivity contribution in [2.45, 2.75) is 19.4 Å². The zero-order valence-electron chi connectivity index (χ0n) is 8.45. The largest absolute Gasteiger partial charge is 0.348 e. The maximum atomic E-state index is 4.38. The maximum absolute atomic E-state index is 4.38. The molecule has 2 aromatic rings. The second-order valence-corrected chi connectivity index (χ2v) is 4.95. The van der Waals surface area contributed by atoms with Gasteiger partial charge in [-0.25, -0.2) is 9.97 Å². The van der Waals surface area contributed by atoms with Crippen molar-refractivity contribution in [1.82, 2.24) is 20.3 Å². The third kappa shape index (κ3) is 1.48. The summed E-state index contributed by atoms with van der Waals surface area (Å²) < 4.78 is 0. The Morgan fingerprint density at radius 2 is 2.40 bits per heavy atom. The van der Waals surface area contributed by atoms with Crippen molar-refractivity contribution in [2.75, 3.05) is 6.54 Å². The topological polar surface area (TPSA) is 53.6 Å². The predicted octanol–water partition coefficient (Wildman–Crippen LogP) is 1.41. The van der Waals surface area contributed by atoms with Gasteiger partial charge in [-0.2, -0.15) is 0 Å². The number of rotatable bonds is 1. The van der Waals surface area contributed by atoms with Gasteiger partial charge in [0.2, 0.25) is 0 Å². The number of H-pyrrole nitrogens is 1. The summed E-state index contributed by atoms with van der Waals surface area (Å²) in [7, 11) is 0. The highest BCUT2D eigenvalue weighted by Gasteiger charge is 2.24. The molecule has 0 fully saturated rings. The number of nitrogens with zero attached hydrogens (tertiary/aromatic N) is 2. The number of hydrogen-bond acceptors (Lipinski definition) is 4. The van der Waals surface area contributed by atoms with Gasteiger partial charge in [-0.1, -0.05) is 0 Å². The van der Waals surface area contributed by atoms with E-state index in [9.17, 15) is 0 Å². The molecule has 0 saturated heterocycles. The zero-order valence-corrected chi connectivity index (χ0v) is 9.27. The van der Waals surface area contributed by atoms with E-state index in [4.69, 9.17) is 0 Å². The summed E-state index contributed by atoms with van der Waals surface area (Å²) in [5.74, 6) is 0. The van der Waals surface area contributed by atoms with Crippen LogP contribution in [0, 0.1) is 6.92 Å². The number of nitrogens with one attached hydrogen (secondary N) is 2. The van der Waals surface area contributed by atoms with E-state index in [1.54, 1.807) is 17.7 Å². The predicted molar refractivity (Wildman–Crippen MR) is 59.0 cm³/mol. The van der Waals surface area contributed by atoms with Gasteiger partial charge in [-0.3, -0.25) is 0 Å². The molecule has 78 valence electrons. The van der Waals surface area contributed by atoms with Crippen molar-refractivity contribution >= 4 is 11.3 Å². The Kier molecular flexibility index (Phi) is 2.07. The van der Waals surface area contributed by atoms with Crippen molar-refractivity contribution in [3.05, 3.63) is 33.8 Å². The lowest BCUT2D eigenvalue weighted by Gasteiger charge is -2.21. The first kappa shape index (κ1) is 9.06. The van der Waals surface area contributed by atoms with Crippen molar-refractivity contribution in [1.29, 1.82) is 0 Å². The molecule has 0 spiro atoms. The van der Waals surface area contributed by atoms with E-state index in [0.717, 1.165) is 23.7 Å². The van der Waals surface area contributed by atoms with Gasteiger partial charge in [0.1, 0.15) is 0 Å². The van der Waals surface area contributed by atoms with E-state index in [1.165, 1.54) is 10.6 Å². The normalized spacial score (nSPS) is 20.2. The van der Waals surface area contributed by atoms with Crippen molar-refractivity contribution < 1.29 is 0 Å². The van der Waals surface area contributed by atoms with Crippen LogP contribution in [0.1, 0.15) is 27.3 Å². The van der Waals surface area contributed by atoms with Crippen LogP contribution in [-0.4, -0.2) is 21.5 Å². The Bertz CT molecular complexity index is 473. The Balaban J connectivity index is 2.02. The summed E-state index contributed by atoms with van der Waals surface area (Å²) >= 11 is 1.73. The number of aromatic amines is 1. The molecule has 5 heteroatoms. The molecule has 2 N–H and O–H groups in total. The second-order valence-electron chi connectivity index (χ2n) is 3.69. The number of hydrogen-bond donors (Lipinski definition) is 2. The lowest BCUT2D eigenvalue weighted by molar-refractivity contribution is 0.559. The minimum Gasteiger partial charge on any atom is -0.348 e. The molecule has 3 heterocycles. The van der Waals surface area contributed by atoms with Crippen molar-refractivity contribution in [3.8, 4) is 0 Å². The maximum Gasteiger partial charge on any atom is 0.0926 e. The third-order valence-corrected chi connectivity index (χ3v) is 3.65. The average molecular weight is 220 g/mol. The SMILES string of the molecule is Cc1ncc(C2NCCc3[nH]cnc32)s1. The molecule has 0 radical (unpaired) electrons. The second kappa shape index (κ2) is 3.43. The fraction of sp³-hybridized carbons (Fsp3) is 0.400. The summed E-state index contributed by atoms with van der Waals surface area (Å²) in [6.45, 7) is 3.03. The molecule has 0 saturated carbocycles. The van der Waals surface area contributed by atoms with E-state index in [2.05, 4.69) is 20.3 Å². The lowest BCUT2D eigenvalue weighted by atomic mass is 10.1. The molecular formula is C10H12N4S. The molecule has 3 rings (SSSR count). The summed E-state index contributed by atoms with van der Waals surface area (Å²) in [6.07, 6.45) is 4.75. The number of aryl methyl sites for hydroxylation is 1. The van der Waals surface area contributed by atoms with Gasteiger partial charge < -0.3 is 10.3 Å². The molecule has 1 aliphatic rings. The molecule has 1 unspecified atom stereocenters. The van der Waals surface area contributed by atoms with E-state index in [-0.39, 0.29) is 6.04 Å². The molecular weight excluding hydrogens is 208 g/mol. The lowest BCUT2D eigenvalue weighted by Crippen LogP contribution is -2.30. The van der Waals surface area contributed by atoms with Gasteiger partial charge in [0.15, 0.2) is 0 Å². The summed E-state index contributed by atoms with van der Waals surface area (Å²) in [5.41, 5.74) is 2.38. The minimum atomic E-state index is 0.228. The molecule has 2 aromatic heterocycles. The quantitative estimate of drug-likeness (QED) is 0.764. The highest BCUT2D eigenvalue weighted by atomic mass is 32.1. The van der Waals surface area contributed by atoms with Gasteiger partial charge in [0, 0.05) is 29.7 Å². The fourth-order valence-electron chi connectivity index (χ4n) is 1.97. The summed E-state index contributed by atoms with van der Waals surface area (Å²) in [4.78, 5) is 13.1. The van der Waals surface area contributed by atoms with Crippen LogP contribution in [0.5, 0.6) is 0 Å². The zero-order chi connectivity index (χ0) is 10.3. The standard InChI is InChI=1S/C10H12N4S/c1-6-12-4-8(15-6)10-9-7(2-3-11-10)13-5-14-9/h4-5,10-11H,2-3H2,1H3,(H,13,14). The first-order valence-electron chi connectivity index (χ1n) is 5.02. The Labute approximate surface area is 91.8 Å². The molecule has 0 aromatic carbocycles. The molecule has 1 atom stereocenters. The third-order valence-electron chi connectivity index (χ3n) is 2.67. The van der Waals surface area contributed by atoms with Crippen LogP contribution in [0.3, 0.4) is 0 Å². The summed E-state index contributed by atoms with van der Waals surface area (Å²) in [5, 5.41) is 4.58. The number of aromatic nitrogens is 3. The molecule has 0 bridgehead atoms. The Morgan fingerprint density at radius 1 is 1.47 bits per heavy atom. The monoisotopic (exact) mass is 220 g/mol. The van der Waals surface area contributed by atoms with Crippen LogP contribution >= 0.6 is 11.3 Å². The fourth-order valence-corrected chi connectivity index (χ4v) is 2.83. The minimum absolute atomic E-state index is 0.228. The molecule has 0 amide bonds. The van der Waals surface area contributed by atoms with Crippen LogP contribution in [0.15, 0.2) is 12.5 Å². The molecule has 0 aliphatic carbocycles. The molecule has 1 aliphatic heterocycles. The van der Waals surface area contributed by atoms with Crippen molar-refractivity contribution in [2.24, 2.45) is 0 Å². The van der Waals surface area contributed by atoms with E-state index < -0.39 is 0 Å². The van der Waals surface area contributed by atoms with Gasteiger partial charge >= 0.3 is 0 Å². The van der Waals surface area contributed by atoms with Crippen LogP contribution in [0.25, 0.3) is 0 Å². The average Bonchev–Trinajstić information content (AvgIpc) is 2.84. The number of fused-ring (bicyclic) bond motifs is 1. The van der Waals surface area contributed by atoms with Gasteiger partial charge in [-0.15, -0.1) is 11.3 Å². The van der Waals surface area contributed by atoms with Gasteiger partial charge in [-0.05, 0) is 6.92 Å². The van der Waals surface area contributed by atoms with E-state index in [1.807, 2.05) is 13.1 Å². The van der Waals surface area contributed by atoms with Crippen LogP contribution in [0.4, 0.5) is 0 Å². The van der Waals surface area contributed by atoms with Crippen LogP contribution in [-0.2, 0) is 6.42 Å². The molecule has 15 heavy (non-hydrogen) atoms. The first-order chi connectivity index (χ1) is 7.34. The van der Waals surface area contributed by atoms with E-state index in [0.29, 0.717) is 0 Å². The molecule has 4 nitrogen and oxygen atoms in total. The van der Waals surface area contributed by atoms with E-state index >= 15 is 0 Å². The Hall–Kier alpha value is -1.20. The Morgan fingerprint density at radius 3 is 3.20 bits per heavy atom. The van der Waals surface area contributed by atoms with Crippen molar-refractivity contribution in [3.63, 3.8) is 0 Å². The van der Waals surface area contributed by atoms with Crippen LogP contribution < -0.4 is 5.32 Å². The first-order valence-corrected chi connectivity index (χ1v) is 5.84. The van der Waals surface area contributed by atoms with Gasteiger partial charge in [0.25, 0.3) is 0 Å². The highest BCUT2D eigenvalue weighted by Crippen LogP contribution is 2.29. The van der Waals surface area contributed by atoms with Crippen LogP contribution in [0.2, 0.25) is 0 Å². The number of imidazole rings is 1. The smallest absolute Gasteiger partial charge is 0.0926 e. The highest BCUT2D eigenvalue weighted by molar-refractivity contribution is 7.11. The number of thiazole rings is 1. The van der Waals surface area contributed by atoms with Gasteiger partial charge in [0.05, 0.1) is 23.1 Å².